The van der Waals surface area contributed by atoms with Crippen molar-refractivity contribution in [1.29, 1.82) is 0 Å². The Balaban J connectivity index is 1.42. The number of nitrogens with one attached hydrogen (secondary N) is 1. The van der Waals surface area contributed by atoms with Gasteiger partial charge in [0, 0.05) is 24.2 Å². The van der Waals surface area contributed by atoms with Crippen LogP contribution in [-0.4, -0.2) is 39.1 Å². The predicted molar refractivity (Wildman–Crippen MR) is 99.1 cm³/mol. The van der Waals surface area contributed by atoms with Gasteiger partial charge in [0.05, 0.1) is 5.25 Å². The molecule has 0 saturated heterocycles. The van der Waals surface area contributed by atoms with Crippen LogP contribution in [0.5, 0.6) is 11.5 Å². The van der Waals surface area contributed by atoms with Crippen LogP contribution in [0.1, 0.15) is 38.4 Å². The third kappa shape index (κ3) is 3.51. The molecule has 2 aromatic rings. The lowest BCUT2D eigenvalue weighted by Crippen LogP contribution is -2.23. The van der Waals surface area contributed by atoms with Crippen LogP contribution >= 0.6 is 11.8 Å². The van der Waals surface area contributed by atoms with Gasteiger partial charge in [0.25, 0.3) is 0 Å². The average Bonchev–Trinajstić information content (AvgIpc) is 3.42. The van der Waals surface area contributed by atoms with E-state index in [1.165, 1.54) is 24.6 Å². The molecule has 1 fully saturated rings. The Morgan fingerprint density at radius 1 is 1.31 bits per heavy atom. The number of carbonyl (C=O) groups is 1. The van der Waals surface area contributed by atoms with Crippen molar-refractivity contribution in [3.05, 3.63) is 24.0 Å². The van der Waals surface area contributed by atoms with Crippen LogP contribution in [-0.2, 0) is 11.3 Å². The number of hydrogen-bond acceptors (Lipinski definition) is 6. The van der Waals surface area contributed by atoms with E-state index >= 15 is 0 Å². The summed E-state index contributed by atoms with van der Waals surface area (Å²) in [4.78, 5) is 12.6. The normalized spacial score (nSPS) is 17.0. The van der Waals surface area contributed by atoms with Gasteiger partial charge in [-0.15, -0.1) is 10.2 Å². The molecule has 1 aliphatic heterocycles. The summed E-state index contributed by atoms with van der Waals surface area (Å²) in [5.74, 6) is 2.88. The molecule has 1 aliphatic carbocycles. The van der Waals surface area contributed by atoms with Gasteiger partial charge in [0.2, 0.25) is 5.91 Å². The van der Waals surface area contributed by atoms with Gasteiger partial charge in [0.1, 0.15) is 19.0 Å². The van der Waals surface area contributed by atoms with Crippen molar-refractivity contribution in [2.45, 2.75) is 49.6 Å². The standard InChI is InChI=1S/C18H22N4O3S/c1-3-22-16(12-4-5-12)20-21-18(22)26-11(2)17(23)19-13-6-7-14-15(10-13)25-9-8-24-14/h6-7,10-12H,3-5,8-9H2,1-2H3,(H,19,23)/t11-/m1/s1. The van der Waals surface area contributed by atoms with E-state index in [1.54, 1.807) is 6.07 Å². The Labute approximate surface area is 156 Å². The zero-order chi connectivity index (χ0) is 18.1. The van der Waals surface area contributed by atoms with Crippen LogP contribution in [0.2, 0.25) is 0 Å². The Hall–Kier alpha value is -2.22. The lowest BCUT2D eigenvalue weighted by atomic mass is 10.2. The van der Waals surface area contributed by atoms with Gasteiger partial charge in [0.15, 0.2) is 16.7 Å². The Morgan fingerprint density at radius 3 is 2.81 bits per heavy atom. The molecule has 0 spiro atoms. The van der Waals surface area contributed by atoms with Gasteiger partial charge < -0.3 is 19.4 Å². The van der Waals surface area contributed by atoms with Crippen molar-refractivity contribution in [2.75, 3.05) is 18.5 Å². The van der Waals surface area contributed by atoms with E-state index in [9.17, 15) is 4.79 Å². The number of nitrogens with zero attached hydrogens (tertiary/aromatic N) is 3. The molecule has 2 aliphatic rings. The summed E-state index contributed by atoms with van der Waals surface area (Å²) in [5.41, 5.74) is 0.697. The van der Waals surface area contributed by atoms with Crippen LogP contribution in [0.15, 0.2) is 23.4 Å². The molecule has 2 heterocycles. The van der Waals surface area contributed by atoms with Gasteiger partial charge in [-0.1, -0.05) is 11.8 Å². The number of anilines is 1. The molecule has 0 bridgehead atoms. The van der Waals surface area contributed by atoms with E-state index in [0.29, 0.717) is 36.3 Å². The third-order valence-corrected chi connectivity index (χ3v) is 5.55. The summed E-state index contributed by atoms with van der Waals surface area (Å²) in [6.07, 6.45) is 2.37. The highest BCUT2D eigenvalue weighted by Crippen LogP contribution is 2.40. The van der Waals surface area contributed by atoms with Crippen LogP contribution in [0, 0.1) is 0 Å². The lowest BCUT2D eigenvalue weighted by molar-refractivity contribution is -0.115. The van der Waals surface area contributed by atoms with E-state index in [1.807, 2.05) is 19.1 Å². The minimum atomic E-state index is -0.287. The summed E-state index contributed by atoms with van der Waals surface area (Å²) in [6.45, 7) is 5.85. The molecule has 0 unspecified atom stereocenters. The molecule has 4 rings (SSSR count). The van der Waals surface area contributed by atoms with E-state index in [4.69, 9.17) is 9.47 Å². The van der Waals surface area contributed by atoms with Gasteiger partial charge in [-0.3, -0.25) is 4.79 Å². The fraction of sp³-hybridized carbons (Fsp3) is 0.500. The Kier molecular flexibility index (Phi) is 4.76. The van der Waals surface area contributed by atoms with Crippen LogP contribution in [0.25, 0.3) is 0 Å². The number of ether oxygens (including phenoxy) is 2. The van der Waals surface area contributed by atoms with Gasteiger partial charge in [-0.05, 0) is 38.8 Å². The number of amides is 1. The highest BCUT2D eigenvalue weighted by molar-refractivity contribution is 8.00. The second-order valence-electron chi connectivity index (χ2n) is 6.47. The molecular formula is C18H22N4O3S. The second-order valence-corrected chi connectivity index (χ2v) is 7.78. The highest BCUT2D eigenvalue weighted by atomic mass is 32.2. The molecule has 1 amide bonds. The van der Waals surface area contributed by atoms with Gasteiger partial charge >= 0.3 is 0 Å². The number of fused-ring (bicyclic) bond motifs is 1. The van der Waals surface area contributed by atoms with E-state index in [0.717, 1.165) is 17.5 Å². The van der Waals surface area contributed by atoms with Crippen molar-refractivity contribution >= 4 is 23.4 Å². The lowest BCUT2D eigenvalue weighted by Gasteiger charge is -2.19. The van der Waals surface area contributed by atoms with E-state index < -0.39 is 0 Å². The summed E-state index contributed by atoms with van der Waals surface area (Å²) < 4.78 is 13.2. The molecule has 0 radical (unpaired) electrons. The number of rotatable bonds is 6. The topological polar surface area (TPSA) is 78.3 Å². The maximum absolute atomic E-state index is 12.6. The van der Waals surface area contributed by atoms with Gasteiger partial charge in [-0.25, -0.2) is 0 Å². The van der Waals surface area contributed by atoms with E-state index in [-0.39, 0.29) is 11.2 Å². The SMILES string of the molecule is CCn1c(S[C@H](C)C(=O)Nc2ccc3c(c2)OCCO3)nnc1C1CC1. The van der Waals surface area contributed by atoms with Crippen molar-refractivity contribution in [1.82, 2.24) is 14.8 Å². The summed E-state index contributed by atoms with van der Waals surface area (Å²) >= 11 is 1.44. The van der Waals surface area contributed by atoms with E-state index in [2.05, 4.69) is 27.0 Å². The smallest absolute Gasteiger partial charge is 0.237 e. The first kappa shape index (κ1) is 17.2. The molecule has 26 heavy (non-hydrogen) atoms. The number of hydrogen-bond donors (Lipinski definition) is 1. The zero-order valence-electron chi connectivity index (χ0n) is 14.9. The molecule has 1 saturated carbocycles. The molecule has 1 N–H and O–H groups in total. The average molecular weight is 374 g/mol. The quantitative estimate of drug-likeness (QED) is 0.783. The summed E-state index contributed by atoms with van der Waals surface area (Å²) in [7, 11) is 0. The maximum Gasteiger partial charge on any atom is 0.237 e. The molecule has 8 heteroatoms. The zero-order valence-corrected chi connectivity index (χ0v) is 15.7. The first-order valence-electron chi connectivity index (χ1n) is 8.96. The largest absolute Gasteiger partial charge is 0.486 e. The van der Waals surface area contributed by atoms with Gasteiger partial charge in [-0.2, -0.15) is 0 Å². The Morgan fingerprint density at radius 2 is 2.08 bits per heavy atom. The first-order chi connectivity index (χ1) is 12.7. The molecule has 1 aromatic carbocycles. The van der Waals surface area contributed by atoms with Crippen LogP contribution in [0.4, 0.5) is 5.69 Å². The summed E-state index contributed by atoms with van der Waals surface area (Å²) in [6, 6.07) is 5.43. The van der Waals surface area contributed by atoms with Crippen molar-refractivity contribution in [3.63, 3.8) is 0 Å². The monoisotopic (exact) mass is 374 g/mol. The molecule has 138 valence electrons. The fourth-order valence-corrected chi connectivity index (χ4v) is 3.82. The minimum Gasteiger partial charge on any atom is -0.486 e. The Bertz CT molecular complexity index is 819. The van der Waals surface area contributed by atoms with Crippen molar-refractivity contribution in [3.8, 4) is 11.5 Å². The van der Waals surface area contributed by atoms with Crippen LogP contribution in [0.3, 0.4) is 0 Å². The number of aromatic nitrogens is 3. The molecule has 1 atom stereocenters. The molecule has 1 aromatic heterocycles. The van der Waals surface area contributed by atoms with Crippen LogP contribution < -0.4 is 14.8 Å². The maximum atomic E-state index is 12.6. The third-order valence-electron chi connectivity index (χ3n) is 4.47. The minimum absolute atomic E-state index is 0.0784. The molecule has 7 nitrogen and oxygen atoms in total. The van der Waals surface area contributed by atoms with Crippen molar-refractivity contribution < 1.29 is 14.3 Å². The number of benzene rings is 1. The fourth-order valence-electron chi connectivity index (χ4n) is 2.90. The number of carbonyl (C=O) groups excluding carboxylic acids is 1. The second kappa shape index (κ2) is 7.19. The summed E-state index contributed by atoms with van der Waals surface area (Å²) in [5, 5.41) is 12.1. The predicted octanol–water partition coefficient (Wildman–Crippen LogP) is 3.07. The highest BCUT2D eigenvalue weighted by Gasteiger charge is 2.30. The number of thioether (sulfide) groups is 1. The molecular weight excluding hydrogens is 352 g/mol. The first-order valence-corrected chi connectivity index (χ1v) is 9.84. The van der Waals surface area contributed by atoms with Crippen molar-refractivity contribution in [2.24, 2.45) is 0 Å².